The fraction of sp³-hybridized carbons (Fsp3) is 0.346. The molecule has 0 unspecified atom stereocenters. The van der Waals surface area contributed by atoms with Crippen molar-refractivity contribution in [3.05, 3.63) is 70.7 Å². The van der Waals surface area contributed by atoms with Gasteiger partial charge in [-0.05, 0) is 36.4 Å². The largest absolute Gasteiger partial charge is 0.497 e. The van der Waals surface area contributed by atoms with E-state index in [4.69, 9.17) is 9.47 Å². The number of para-hydroxylation sites is 1. The van der Waals surface area contributed by atoms with Crippen LogP contribution in [0.25, 0.3) is 0 Å². The SMILES string of the molecule is COCCN(Cc1nc(C(=O)N2CCN(c3ccc(OC)cc3)CC2)cs1)C(=O)Nc1ccccc1. The first-order valence-corrected chi connectivity index (χ1v) is 12.7. The average Bonchev–Trinajstić information content (AvgIpc) is 3.40. The third-order valence-corrected chi connectivity index (χ3v) is 6.81. The summed E-state index contributed by atoms with van der Waals surface area (Å²) in [5.41, 5.74) is 2.25. The van der Waals surface area contributed by atoms with E-state index >= 15 is 0 Å². The second-order valence-electron chi connectivity index (χ2n) is 8.31. The number of thiazole rings is 1. The summed E-state index contributed by atoms with van der Waals surface area (Å²) in [6.45, 7) is 3.85. The zero-order chi connectivity index (χ0) is 25.3. The molecule has 1 N–H and O–H groups in total. The van der Waals surface area contributed by atoms with Crippen LogP contribution in [0, 0.1) is 0 Å². The van der Waals surface area contributed by atoms with Crippen molar-refractivity contribution in [3.63, 3.8) is 0 Å². The molecular weight excluding hydrogens is 478 g/mol. The summed E-state index contributed by atoms with van der Waals surface area (Å²) in [4.78, 5) is 36.2. The number of piperazine rings is 1. The molecule has 0 bridgehead atoms. The van der Waals surface area contributed by atoms with E-state index in [1.165, 1.54) is 11.3 Å². The van der Waals surface area contributed by atoms with Crippen LogP contribution >= 0.6 is 11.3 Å². The van der Waals surface area contributed by atoms with Crippen LogP contribution in [-0.4, -0.2) is 80.3 Å². The lowest BCUT2D eigenvalue weighted by atomic mass is 10.2. The van der Waals surface area contributed by atoms with Gasteiger partial charge in [0.1, 0.15) is 16.5 Å². The van der Waals surface area contributed by atoms with E-state index in [-0.39, 0.29) is 11.9 Å². The van der Waals surface area contributed by atoms with Gasteiger partial charge >= 0.3 is 6.03 Å². The van der Waals surface area contributed by atoms with Gasteiger partial charge in [-0.25, -0.2) is 9.78 Å². The molecule has 2 aromatic carbocycles. The van der Waals surface area contributed by atoms with Gasteiger partial charge in [0.25, 0.3) is 5.91 Å². The number of benzene rings is 2. The zero-order valence-corrected chi connectivity index (χ0v) is 21.4. The highest BCUT2D eigenvalue weighted by Crippen LogP contribution is 2.22. The second kappa shape index (κ2) is 12.4. The van der Waals surface area contributed by atoms with Gasteiger partial charge in [0.2, 0.25) is 0 Å². The Morgan fingerprint density at radius 2 is 1.75 bits per heavy atom. The van der Waals surface area contributed by atoms with Gasteiger partial charge in [-0.15, -0.1) is 11.3 Å². The van der Waals surface area contributed by atoms with Crippen LogP contribution in [0.3, 0.4) is 0 Å². The molecule has 0 spiro atoms. The summed E-state index contributed by atoms with van der Waals surface area (Å²) in [6, 6.07) is 17.0. The molecule has 36 heavy (non-hydrogen) atoms. The summed E-state index contributed by atoms with van der Waals surface area (Å²) in [5.74, 6) is 0.745. The smallest absolute Gasteiger partial charge is 0.322 e. The maximum absolute atomic E-state index is 13.1. The molecule has 1 aliphatic heterocycles. The number of amides is 3. The topological polar surface area (TPSA) is 87.2 Å². The van der Waals surface area contributed by atoms with Crippen LogP contribution in [0.4, 0.5) is 16.2 Å². The molecule has 0 aliphatic carbocycles. The van der Waals surface area contributed by atoms with Crippen LogP contribution in [0.1, 0.15) is 15.5 Å². The molecule has 2 heterocycles. The van der Waals surface area contributed by atoms with E-state index in [2.05, 4.69) is 15.2 Å². The predicted molar refractivity (Wildman–Crippen MR) is 141 cm³/mol. The van der Waals surface area contributed by atoms with Gasteiger partial charge in [-0.2, -0.15) is 0 Å². The zero-order valence-electron chi connectivity index (χ0n) is 20.6. The highest BCUT2D eigenvalue weighted by atomic mass is 32.1. The van der Waals surface area contributed by atoms with E-state index in [0.29, 0.717) is 49.2 Å². The summed E-state index contributed by atoms with van der Waals surface area (Å²) < 4.78 is 10.4. The number of methoxy groups -OCH3 is 2. The van der Waals surface area contributed by atoms with Crippen molar-refractivity contribution in [1.29, 1.82) is 0 Å². The van der Waals surface area contributed by atoms with E-state index in [1.54, 1.807) is 24.5 Å². The van der Waals surface area contributed by atoms with Crippen molar-refractivity contribution in [1.82, 2.24) is 14.8 Å². The number of anilines is 2. The minimum atomic E-state index is -0.240. The highest BCUT2D eigenvalue weighted by Gasteiger charge is 2.25. The van der Waals surface area contributed by atoms with E-state index in [0.717, 1.165) is 24.5 Å². The predicted octanol–water partition coefficient (Wildman–Crippen LogP) is 3.79. The molecule has 10 heteroatoms. The third-order valence-electron chi connectivity index (χ3n) is 5.98. The fourth-order valence-electron chi connectivity index (χ4n) is 3.95. The molecular formula is C26H31N5O4S. The molecule has 190 valence electrons. The number of carbonyl (C=O) groups is 2. The minimum absolute atomic E-state index is 0.0796. The number of ether oxygens (including phenoxy) is 2. The van der Waals surface area contributed by atoms with Crippen LogP contribution in [0.2, 0.25) is 0 Å². The molecule has 9 nitrogen and oxygen atoms in total. The Morgan fingerprint density at radius 1 is 1.03 bits per heavy atom. The Bertz CT molecular complexity index is 1130. The first kappa shape index (κ1) is 25.5. The number of urea groups is 1. The first-order valence-electron chi connectivity index (χ1n) is 11.8. The van der Waals surface area contributed by atoms with Gasteiger partial charge in [0.05, 0.1) is 20.3 Å². The van der Waals surface area contributed by atoms with Crippen molar-refractivity contribution in [2.45, 2.75) is 6.54 Å². The Kier molecular flexibility index (Phi) is 8.75. The van der Waals surface area contributed by atoms with Gasteiger partial charge in [0, 0.05) is 56.6 Å². The highest BCUT2D eigenvalue weighted by molar-refractivity contribution is 7.09. The molecule has 1 fully saturated rings. The molecule has 3 aromatic rings. The Labute approximate surface area is 215 Å². The van der Waals surface area contributed by atoms with Crippen LogP contribution in [-0.2, 0) is 11.3 Å². The molecule has 1 aliphatic rings. The molecule has 1 aromatic heterocycles. The van der Waals surface area contributed by atoms with Crippen LogP contribution in [0.5, 0.6) is 5.75 Å². The van der Waals surface area contributed by atoms with E-state index < -0.39 is 0 Å². The summed E-state index contributed by atoms with van der Waals surface area (Å²) in [6.07, 6.45) is 0. The maximum atomic E-state index is 13.1. The number of carbonyl (C=O) groups excluding carboxylic acids is 2. The van der Waals surface area contributed by atoms with Crippen molar-refractivity contribution >= 4 is 34.6 Å². The Balaban J connectivity index is 1.34. The van der Waals surface area contributed by atoms with Crippen LogP contribution < -0.4 is 15.0 Å². The molecule has 0 saturated carbocycles. The fourth-order valence-corrected chi connectivity index (χ4v) is 4.73. The van der Waals surface area contributed by atoms with Gasteiger partial charge in [0.15, 0.2) is 0 Å². The van der Waals surface area contributed by atoms with Crippen molar-refractivity contribution < 1.29 is 19.1 Å². The number of nitrogens with zero attached hydrogens (tertiary/aromatic N) is 4. The molecule has 1 saturated heterocycles. The minimum Gasteiger partial charge on any atom is -0.497 e. The van der Waals surface area contributed by atoms with E-state index in [9.17, 15) is 9.59 Å². The molecule has 0 radical (unpaired) electrons. The monoisotopic (exact) mass is 509 g/mol. The van der Waals surface area contributed by atoms with Crippen LogP contribution in [0.15, 0.2) is 60.0 Å². The van der Waals surface area contributed by atoms with Gasteiger partial charge in [-0.3, -0.25) is 4.79 Å². The number of aromatic nitrogens is 1. The summed E-state index contributed by atoms with van der Waals surface area (Å²) >= 11 is 1.38. The quantitative estimate of drug-likeness (QED) is 0.472. The Morgan fingerprint density at radius 3 is 2.42 bits per heavy atom. The lowest BCUT2D eigenvalue weighted by Crippen LogP contribution is -2.48. The average molecular weight is 510 g/mol. The Hall–Kier alpha value is -3.63. The standard InChI is InChI=1S/C26H31N5O4S/c1-34-17-16-31(26(33)27-20-6-4-3-5-7-20)18-24-28-23(19-36-24)25(32)30-14-12-29(13-15-30)21-8-10-22(35-2)11-9-21/h3-11,19H,12-18H2,1-2H3,(H,27,33). The summed E-state index contributed by atoms with van der Waals surface area (Å²) in [7, 11) is 3.25. The molecule has 0 atom stereocenters. The second-order valence-corrected chi connectivity index (χ2v) is 9.26. The molecule has 4 rings (SSSR count). The van der Waals surface area contributed by atoms with Gasteiger partial charge < -0.3 is 29.5 Å². The van der Waals surface area contributed by atoms with Crippen molar-refractivity contribution in [2.24, 2.45) is 0 Å². The first-order chi connectivity index (χ1) is 17.6. The maximum Gasteiger partial charge on any atom is 0.322 e. The number of hydrogen-bond donors (Lipinski definition) is 1. The van der Waals surface area contributed by atoms with Gasteiger partial charge in [-0.1, -0.05) is 18.2 Å². The summed E-state index contributed by atoms with van der Waals surface area (Å²) in [5, 5.41) is 5.38. The number of rotatable bonds is 9. The number of hydrogen-bond acceptors (Lipinski definition) is 7. The molecule has 3 amide bonds. The third kappa shape index (κ3) is 6.52. The lowest BCUT2D eigenvalue weighted by Gasteiger charge is -2.35. The van der Waals surface area contributed by atoms with Crippen molar-refractivity contribution in [3.8, 4) is 5.75 Å². The number of nitrogens with one attached hydrogen (secondary N) is 1. The van der Waals surface area contributed by atoms with E-state index in [1.807, 2.05) is 59.5 Å². The van der Waals surface area contributed by atoms with Crippen molar-refractivity contribution in [2.75, 3.05) is 63.8 Å². The normalized spacial score (nSPS) is 13.4. The lowest BCUT2D eigenvalue weighted by molar-refractivity contribution is 0.0741.